The van der Waals surface area contributed by atoms with E-state index in [4.69, 9.17) is 9.15 Å². The van der Waals surface area contributed by atoms with E-state index < -0.39 is 6.10 Å². The Morgan fingerprint density at radius 3 is 2.88 bits per heavy atom. The van der Waals surface area contributed by atoms with Gasteiger partial charge < -0.3 is 19.6 Å². The summed E-state index contributed by atoms with van der Waals surface area (Å²) in [6.07, 6.45) is 2.59. The van der Waals surface area contributed by atoms with E-state index in [1.54, 1.807) is 30.1 Å². The molecule has 2 N–H and O–H groups in total. The van der Waals surface area contributed by atoms with Crippen LogP contribution in [0.25, 0.3) is 0 Å². The van der Waals surface area contributed by atoms with Gasteiger partial charge in [0.15, 0.2) is 0 Å². The number of nitrogens with zero attached hydrogens (tertiary/aromatic N) is 2. The number of carbonyl (C=O) groups is 1. The summed E-state index contributed by atoms with van der Waals surface area (Å²) in [6, 6.07) is 3.49. The van der Waals surface area contributed by atoms with Crippen molar-refractivity contribution >= 4 is 5.91 Å². The Hall–Kier alpha value is -2.12. The molecule has 0 aliphatic carbocycles. The van der Waals surface area contributed by atoms with Crippen molar-refractivity contribution in [2.24, 2.45) is 7.05 Å². The highest BCUT2D eigenvalue weighted by Gasteiger charge is 2.25. The minimum Gasteiger partial charge on any atom is -0.464 e. The van der Waals surface area contributed by atoms with Crippen LogP contribution in [0.1, 0.15) is 52.4 Å². The molecular formula is C17H23N3O4. The van der Waals surface area contributed by atoms with Crippen molar-refractivity contribution in [1.29, 1.82) is 0 Å². The second kappa shape index (κ2) is 7.19. The number of nitrogens with one attached hydrogen (secondary N) is 1. The van der Waals surface area contributed by atoms with E-state index >= 15 is 0 Å². The zero-order chi connectivity index (χ0) is 17.1. The molecule has 2 aromatic rings. The van der Waals surface area contributed by atoms with Gasteiger partial charge in [0, 0.05) is 32.4 Å². The van der Waals surface area contributed by atoms with Gasteiger partial charge >= 0.3 is 0 Å². The second-order valence-corrected chi connectivity index (χ2v) is 6.16. The number of hydrogen-bond acceptors (Lipinski definition) is 5. The molecule has 0 radical (unpaired) electrons. The van der Waals surface area contributed by atoms with Crippen molar-refractivity contribution in [2.45, 2.75) is 31.8 Å². The highest BCUT2D eigenvalue weighted by Crippen LogP contribution is 2.28. The van der Waals surface area contributed by atoms with Crippen molar-refractivity contribution in [2.75, 3.05) is 19.8 Å². The lowest BCUT2D eigenvalue weighted by Crippen LogP contribution is -2.29. The van der Waals surface area contributed by atoms with Crippen molar-refractivity contribution in [3.63, 3.8) is 0 Å². The number of carbonyl (C=O) groups excluding carboxylic acids is 1. The van der Waals surface area contributed by atoms with Gasteiger partial charge in [0.2, 0.25) is 0 Å². The van der Waals surface area contributed by atoms with Crippen LogP contribution in [0, 0.1) is 6.92 Å². The predicted octanol–water partition coefficient (Wildman–Crippen LogP) is 1.68. The quantitative estimate of drug-likeness (QED) is 0.869. The van der Waals surface area contributed by atoms with Crippen molar-refractivity contribution in [1.82, 2.24) is 15.1 Å². The van der Waals surface area contributed by atoms with Gasteiger partial charge in [-0.3, -0.25) is 9.48 Å². The monoisotopic (exact) mass is 333 g/mol. The summed E-state index contributed by atoms with van der Waals surface area (Å²) in [5, 5.41) is 17.3. The molecule has 0 bridgehead atoms. The zero-order valence-corrected chi connectivity index (χ0v) is 14.0. The molecule has 3 rings (SSSR count). The lowest BCUT2D eigenvalue weighted by Gasteiger charge is -2.21. The van der Waals surface area contributed by atoms with E-state index in [9.17, 15) is 9.90 Å². The van der Waals surface area contributed by atoms with Crippen molar-refractivity contribution in [3.05, 3.63) is 41.1 Å². The van der Waals surface area contributed by atoms with Crippen LogP contribution in [0.4, 0.5) is 0 Å². The first kappa shape index (κ1) is 16.7. The summed E-state index contributed by atoms with van der Waals surface area (Å²) in [5.74, 6) is 1.18. The molecule has 1 aliphatic rings. The first-order chi connectivity index (χ1) is 11.5. The number of ether oxygens (including phenoxy) is 1. The largest absolute Gasteiger partial charge is 0.464 e. The maximum absolute atomic E-state index is 12.5. The van der Waals surface area contributed by atoms with E-state index in [-0.39, 0.29) is 18.4 Å². The van der Waals surface area contributed by atoms with Crippen LogP contribution in [0.15, 0.2) is 22.7 Å². The first-order valence-electron chi connectivity index (χ1n) is 8.18. The SMILES string of the molecule is Cc1ccc(C(O)CNC(=O)c2cn(C)nc2C2CCOCC2)o1. The second-order valence-electron chi connectivity index (χ2n) is 6.16. The van der Waals surface area contributed by atoms with Crippen LogP contribution >= 0.6 is 0 Å². The van der Waals surface area contributed by atoms with Gasteiger partial charge in [0.25, 0.3) is 5.91 Å². The average molecular weight is 333 g/mol. The van der Waals surface area contributed by atoms with Crippen molar-refractivity contribution < 1.29 is 19.1 Å². The molecule has 0 aromatic carbocycles. The number of amides is 1. The molecular weight excluding hydrogens is 310 g/mol. The van der Waals surface area contributed by atoms with E-state index in [0.29, 0.717) is 24.5 Å². The molecule has 130 valence electrons. The normalized spacial score (nSPS) is 17.0. The predicted molar refractivity (Wildman–Crippen MR) is 86.7 cm³/mol. The molecule has 0 saturated carbocycles. The number of aliphatic hydroxyl groups excluding tert-OH is 1. The fraction of sp³-hybridized carbons (Fsp3) is 0.529. The van der Waals surface area contributed by atoms with Crippen LogP contribution in [-0.4, -0.2) is 40.6 Å². The fourth-order valence-electron chi connectivity index (χ4n) is 2.97. The summed E-state index contributed by atoms with van der Waals surface area (Å²) >= 11 is 0. The highest BCUT2D eigenvalue weighted by atomic mass is 16.5. The highest BCUT2D eigenvalue weighted by molar-refractivity contribution is 5.95. The lowest BCUT2D eigenvalue weighted by molar-refractivity contribution is 0.0826. The summed E-state index contributed by atoms with van der Waals surface area (Å²) in [6.45, 7) is 3.29. The number of hydrogen-bond donors (Lipinski definition) is 2. The van der Waals surface area contributed by atoms with Gasteiger partial charge in [-0.1, -0.05) is 0 Å². The molecule has 7 nitrogen and oxygen atoms in total. The zero-order valence-electron chi connectivity index (χ0n) is 14.0. The number of rotatable bonds is 5. The van der Waals surface area contributed by atoms with Crippen molar-refractivity contribution in [3.8, 4) is 0 Å². The topological polar surface area (TPSA) is 89.5 Å². The van der Waals surface area contributed by atoms with Crippen LogP contribution in [0.5, 0.6) is 0 Å². The smallest absolute Gasteiger partial charge is 0.254 e. The summed E-state index contributed by atoms with van der Waals surface area (Å²) in [4.78, 5) is 12.5. The number of aryl methyl sites for hydroxylation is 2. The third-order valence-electron chi connectivity index (χ3n) is 4.26. The van der Waals surface area contributed by atoms with E-state index in [0.717, 1.165) is 24.3 Å². The molecule has 3 heterocycles. The van der Waals surface area contributed by atoms with Gasteiger partial charge in [-0.05, 0) is 31.9 Å². The molecule has 1 unspecified atom stereocenters. The molecule has 24 heavy (non-hydrogen) atoms. The van der Waals surface area contributed by atoms with Gasteiger partial charge in [0.1, 0.15) is 17.6 Å². The summed E-state index contributed by atoms with van der Waals surface area (Å²) in [7, 11) is 1.81. The Bertz CT molecular complexity index is 701. The number of aliphatic hydroxyl groups is 1. The minimum absolute atomic E-state index is 0.0912. The maximum Gasteiger partial charge on any atom is 0.254 e. The Balaban J connectivity index is 1.66. The first-order valence-corrected chi connectivity index (χ1v) is 8.18. The Kier molecular flexibility index (Phi) is 5.01. The lowest BCUT2D eigenvalue weighted by atomic mass is 9.94. The summed E-state index contributed by atoms with van der Waals surface area (Å²) < 4.78 is 12.4. The number of aromatic nitrogens is 2. The maximum atomic E-state index is 12.5. The molecule has 2 aromatic heterocycles. The molecule has 1 fully saturated rings. The average Bonchev–Trinajstić information content (AvgIpc) is 3.19. The molecule has 1 aliphatic heterocycles. The molecule has 1 amide bonds. The third-order valence-corrected chi connectivity index (χ3v) is 4.26. The van der Waals surface area contributed by atoms with Crippen LogP contribution in [0.2, 0.25) is 0 Å². The standard InChI is InChI=1S/C17H23N3O4/c1-11-3-4-15(24-11)14(21)9-18-17(22)13-10-20(2)19-16(13)12-5-7-23-8-6-12/h3-4,10,12,14,21H,5-9H2,1-2H3,(H,18,22). The molecule has 7 heteroatoms. The Morgan fingerprint density at radius 2 is 2.21 bits per heavy atom. The van der Waals surface area contributed by atoms with Crippen LogP contribution in [0.3, 0.4) is 0 Å². The Labute approximate surface area is 140 Å². The minimum atomic E-state index is -0.870. The molecule has 1 atom stereocenters. The third kappa shape index (κ3) is 3.68. The Morgan fingerprint density at radius 1 is 1.46 bits per heavy atom. The van der Waals surface area contributed by atoms with E-state index in [1.165, 1.54) is 0 Å². The van der Waals surface area contributed by atoms with E-state index in [1.807, 2.05) is 6.92 Å². The number of furan rings is 1. The van der Waals surface area contributed by atoms with Gasteiger partial charge in [-0.2, -0.15) is 5.10 Å². The molecule has 0 spiro atoms. The fourth-order valence-corrected chi connectivity index (χ4v) is 2.97. The van der Waals surface area contributed by atoms with Gasteiger partial charge in [-0.15, -0.1) is 0 Å². The van der Waals surface area contributed by atoms with Gasteiger partial charge in [0.05, 0.1) is 17.8 Å². The van der Waals surface area contributed by atoms with Crippen LogP contribution < -0.4 is 5.32 Å². The van der Waals surface area contributed by atoms with E-state index in [2.05, 4.69) is 10.4 Å². The van der Waals surface area contributed by atoms with Gasteiger partial charge in [-0.25, -0.2) is 0 Å². The van der Waals surface area contributed by atoms with Crippen LogP contribution in [-0.2, 0) is 11.8 Å². The summed E-state index contributed by atoms with van der Waals surface area (Å²) in [5.41, 5.74) is 1.37. The molecule has 1 saturated heterocycles.